The number of halogens is 1. The molecule has 1 aliphatic heterocycles. The fourth-order valence-electron chi connectivity index (χ4n) is 2.83. The summed E-state index contributed by atoms with van der Waals surface area (Å²) in [5.41, 5.74) is 2.36. The number of nitrogens with one attached hydrogen (secondary N) is 1. The molecule has 1 unspecified atom stereocenters. The summed E-state index contributed by atoms with van der Waals surface area (Å²) in [5.74, 6) is 1.55. The van der Waals surface area contributed by atoms with Crippen LogP contribution in [0.2, 0.25) is 5.02 Å². The number of aliphatic hydroxyl groups is 1. The van der Waals surface area contributed by atoms with Gasteiger partial charge in [0, 0.05) is 30.2 Å². The SMILES string of the molecule is CCCC(CCO)CNCc1cc(Cl)cc2c1OCC2. The van der Waals surface area contributed by atoms with Crippen LogP contribution in [0.1, 0.15) is 37.3 Å². The lowest BCUT2D eigenvalue weighted by atomic mass is 10.00. The first-order valence-electron chi connectivity index (χ1n) is 7.50. The first kappa shape index (κ1) is 15.6. The molecule has 112 valence electrons. The molecule has 20 heavy (non-hydrogen) atoms. The fourth-order valence-corrected chi connectivity index (χ4v) is 3.09. The lowest BCUT2D eigenvalue weighted by Gasteiger charge is -2.16. The molecular weight excluding hydrogens is 274 g/mol. The summed E-state index contributed by atoms with van der Waals surface area (Å²) >= 11 is 6.15. The van der Waals surface area contributed by atoms with E-state index in [9.17, 15) is 0 Å². The second-order valence-corrected chi connectivity index (χ2v) is 5.89. The first-order valence-corrected chi connectivity index (χ1v) is 7.88. The monoisotopic (exact) mass is 297 g/mol. The molecule has 0 saturated carbocycles. The highest BCUT2D eigenvalue weighted by atomic mass is 35.5. The van der Waals surface area contributed by atoms with Gasteiger partial charge in [-0.1, -0.05) is 24.9 Å². The predicted octanol–water partition coefficient (Wildman–Crippen LogP) is 3.16. The molecule has 0 aromatic heterocycles. The highest BCUT2D eigenvalue weighted by molar-refractivity contribution is 6.30. The highest BCUT2D eigenvalue weighted by Crippen LogP contribution is 2.32. The highest BCUT2D eigenvalue weighted by Gasteiger charge is 2.17. The van der Waals surface area contributed by atoms with Crippen LogP contribution in [-0.2, 0) is 13.0 Å². The zero-order valence-corrected chi connectivity index (χ0v) is 12.9. The molecule has 0 fully saturated rings. The largest absolute Gasteiger partial charge is 0.493 e. The molecule has 2 N–H and O–H groups in total. The van der Waals surface area contributed by atoms with Gasteiger partial charge in [-0.05, 0) is 43.0 Å². The van der Waals surface area contributed by atoms with Gasteiger partial charge in [0.05, 0.1) is 6.61 Å². The summed E-state index contributed by atoms with van der Waals surface area (Å²) in [6.45, 7) is 4.90. The third-order valence-corrected chi connectivity index (χ3v) is 4.03. The smallest absolute Gasteiger partial charge is 0.127 e. The Bertz CT molecular complexity index is 431. The van der Waals surface area contributed by atoms with Crippen LogP contribution in [0.5, 0.6) is 5.75 Å². The van der Waals surface area contributed by atoms with Crippen molar-refractivity contribution < 1.29 is 9.84 Å². The van der Waals surface area contributed by atoms with E-state index in [0.29, 0.717) is 5.92 Å². The topological polar surface area (TPSA) is 41.5 Å². The van der Waals surface area contributed by atoms with Crippen LogP contribution in [0.4, 0.5) is 0 Å². The summed E-state index contributed by atoms with van der Waals surface area (Å²) < 4.78 is 5.70. The number of fused-ring (bicyclic) bond motifs is 1. The molecule has 0 radical (unpaired) electrons. The van der Waals surface area contributed by atoms with Gasteiger partial charge in [0.25, 0.3) is 0 Å². The molecule has 1 aromatic carbocycles. The molecule has 1 heterocycles. The predicted molar refractivity (Wildman–Crippen MR) is 82.5 cm³/mol. The van der Waals surface area contributed by atoms with Crippen LogP contribution in [0.3, 0.4) is 0 Å². The lowest BCUT2D eigenvalue weighted by Crippen LogP contribution is -2.23. The Morgan fingerprint density at radius 3 is 3.00 bits per heavy atom. The lowest BCUT2D eigenvalue weighted by molar-refractivity contribution is 0.248. The van der Waals surface area contributed by atoms with Crippen LogP contribution >= 0.6 is 11.6 Å². The number of benzene rings is 1. The summed E-state index contributed by atoms with van der Waals surface area (Å²) in [6.07, 6.45) is 4.12. The van der Waals surface area contributed by atoms with Gasteiger partial charge in [-0.15, -0.1) is 0 Å². The zero-order valence-electron chi connectivity index (χ0n) is 12.1. The van der Waals surface area contributed by atoms with Gasteiger partial charge in [-0.25, -0.2) is 0 Å². The van der Waals surface area contributed by atoms with Crippen molar-refractivity contribution in [3.05, 3.63) is 28.3 Å². The van der Waals surface area contributed by atoms with Gasteiger partial charge in [0.15, 0.2) is 0 Å². The van der Waals surface area contributed by atoms with E-state index < -0.39 is 0 Å². The van der Waals surface area contributed by atoms with Crippen LogP contribution in [0.15, 0.2) is 12.1 Å². The van der Waals surface area contributed by atoms with E-state index in [1.807, 2.05) is 12.1 Å². The van der Waals surface area contributed by atoms with E-state index >= 15 is 0 Å². The number of hydrogen-bond donors (Lipinski definition) is 2. The Morgan fingerprint density at radius 2 is 2.25 bits per heavy atom. The quantitative estimate of drug-likeness (QED) is 0.774. The first-order chi connectivity index (χ1) is 9.74. The maximum atomic E-state index is 9.08. The number of rotatable bonds is 8. The second kappa shape index (κ2) is 7.87. The normalized spacial score (nSPS) is 14.9. The molecule has 1 aliphatic rings. The number of hydrogen-bond acceptors (Lipinski definition) is 3. The Hall–Kier alpha value is -0.770. The molecule has 2 rings (SSSR count). The minimum absolute atomic E-state index is 0.266. The molecule has 0 saturated heterocycles. The molecule has 0 amide bonds. The van der Waals surface area contributed by atoms with Crippen molar-refractivity contribution in [3.8, 4) is 5.75 Å². The van der Waals surface area contributed by atoms with Crippen LogP contribution in [-0.4, -0.2) is 24.9 Å². The third-order valence-electron chi connectivity index (χ3n) is 3.81. The van der Waals surface area contributed by atoms with E-state index in [1.54, 1.807) is 0 Å². The Morgan fingerprint density at radius 1 is 1.40 bits per heavy atom. The van der Waals surface area contributed by atoms with Crippen LogP contribution < -0.4 is 10.1 Å². The van der Waals surface area contributed by atoms with Crippen molar-refractivity contribution in [1.82, 2.24) is 5.32 Å². The van der Waals surface area contributed by atoms with Crippen molar-refractivity contribution >= 4 is 11.6 Å². The van der Waals surface area contributed by atoms with Gasteiger partial charge in [0.2, 0.25) is 0 Å². The van der Waals surface area contributed by atoms with E-state index in [4.69, 9.17) is 21.4 Å². The average molecular weight is 298 g/mol. The maximum Gasteiger partial charge on any atom is 0.127 e. The molecule has 0 aliphatic carbocycles. The van der Waals surface area contributed by atoms with E-state index in [2.05, 4.69) is 12.2 Å². The molecule has 4 heteroatoms. The molecule has 0 spiro atoms. The molecule has 0 bridgehead atoms. The van der Waals surface area contributed by atoms with Crippen LogP contribution in [0, 0.1) is 5.92 Å². The minimum atomic E-state index is 0.266. The Balaban J connectivity index is 1.91. The molecule has 3 nitrogen and oxygen atoms in total. The van der Waals surface area contributed by atoms with E-state index in [0.717, 1.165) is 61.7 Å². The van der Waals surface area contributed by atoms with E-state index in [1.165, 1.54) is 5.56 Å². The molecule has 1 atom stereocenters. The number of aliphatic hydroxyl groups excluding tert-OH is 1. The summed E-state index contributed by atoms with van der Waals surface area (Å²) in [4.78, 5) is 0. The van der Waals surface area contributed by atoms with Gasteiger partial charge in [-0.3, -0.25) is 0 Å². The van der Waals surface area contributed by atoms with Crippen molar-refractivity contribution in [2.24, 2.45) is 5.92 Å². The zero-order chi connectivity index (χ0) is 14.4. The van der Waals surface area contributed by atoms with Gasteiger partial charge >= 0.3 is 0 Å². The average Bonchev–Trinajstić information content (AvgIpc) is 2.87. The molecular formula is C16H24ClNO2. The van der Waals surface area contributed by atoms with Crippen LogP contribution in [0.25, 0.3) is 0 Å². The maximum absolute atomic E-state index is 9.08. The number of ether oxygens (including phenoxy) is 1. The Labute approximate surface area is 126 Å². The van der Waals surface area contributed by atoms with Crippen molar-refractivity contribution in [2.45, 2.75) is 39.2 Å². The summed E-state index contributed by atoms with van der Waals surface area (Å²) in [6, 6.07) is 3.98. The summed E-state index contributed by atoms with van der Waals surface area (Å²) in [7, 11) is 0. The standard InChI is InChI=1S/C16H24ClNO2/c1-2-3-12(4-6-19)10-18-11-14-9-15(17)8-13-5-7-20-16(13)14/h8-9,12,18-19H,2-7,10-11H2,1H3. The fraction of sp³-hybridized carbons (Fsp3) is 0.625. The summed E-state index contributed by atoms with van der Waals surface area (Å²) in [5, 5.41) is 13.3. The van der Waals surface area contributed by atoms with Gasteiger partial charge in [-0.2, -0.15) is 0 Å². The minimum Gasteiger partial charge on any atom is -0.493 e. The van der Waals surface area contributed by atoms with Crippen molar-refractivity contribution in [2.75, 3.05) is 19.8 Å². The van der Waals surface area contributed by atoms with E-state index in [-0.39, 0.29) is 6.61 Å². The second-order valence-electron chi connectivity index (χ2n) is 5.45. The van der Waals surface area contributed by atoms with Crippen molar-refractivity contribution in [3.63, 3.8) is 0 Å². The van der Waals surface area contributed by atoms with Crippen molar-refractivity contribution in [1.29, 1.82) is 0 Å². The van der Waals surface area contributed by atoms with Gasteiger partial charge < -0.3 is 15.2 Å². The molecule has 1 aromatic rings. The Kier molecular flexibility index (Phi) is 6.14. The third kappa shape index (κ3) is 4.11. The van der Waals surface area contributed by atoms with Gasteiger partial charge in [0.1, 0.15) is 5.75 Å².